The highest BCUT2D eigenvalue weighted by atomic mass is 79.9. The van der Waals surface area contributed by atoms with Crippen LogP contribution in [0, 0.1) is 0 Å². The van der Waals surface area contributed by atoms with Gasteiger partial charge < -0.3 is 9.84 Å². The van der Waals surface area contributed by atoms with E-state index in [1.165, 1.54) is 19.4 Å². The maximum atomic E-state index is 12.2. The number of aromatic hydroxyl groups is 1. The largest absolute Gasteiger partial charge is 0.503 e. The van der Waals surface area contributed by atoms with E-state index in [-0.39, 0.29) is 11.5 Å². The molecule has 150 valence electrons. The van der Waals surface area contributed by atoms with Crippen molar-refractivity contribution in [1.82, 2.24) is 5.43 Å². The van der Waals surface area contributed by atoms with Gasteiger partial charge in [-0.05, 0) is 57.9 Å². The van der Waals surface area contributed by atoms with Crippen LogP contribution in [0.15, 0.2) is 50.4 Å². The van der Waals surface area contributed by atoms with Crippen LogP contribution < -0.4 is 14.5 Å². The Morgan fingerprint density at radius 2 is 1.93 bits per heavy atom. The third-order valence-corrected chi connectivity index (χ3v) is 5.75. The highest BCUT2D eigenvalue weighted by molar-refractivity contribution is 9.10. The summed E-state index contributed by atoms with van der Waals surface area (Å²) < 4.78 is 31.3. The van der Waals surface area contributed by atoms with Crippen LogP contribution in [0.25, 0.3) is 0 Å². The number of hydrogen-bond acceptors (Lipinski definition) is 6. The number of benzene rings is 2. The fourth-order valence-electron chi connectivity index (χ4n) is 2.18. The summed E-state index contributed by atoms with van der Waals surface area (Å²) in [5.74, 6) is -0.433. The van der Waals surface area contributed by atoms with Crippen LogP contribution in [0.5, 0.6) is 11.5 Å². The molecule has 0 bridgehead atoms. The maximum absolute atomic E-state index is 12.2. The molecule has 0 aliphatic carbocycles. The number of rotatable bonds is 7. The Labute approximate surface area is 179 Å². The predicted molar refractivity (Wildman–Crippen MR) is 114 cm³/mol. The fourth-order valence-corrected chi connectivity index (χ4v) is 3.76. The van der Waals surface area contributed by atoms with Crippen molar-refractivity contribution in [3.63, 3.8) is 0 Å². The van der Waals surface area contributed by atoms with Gasteiger partial charge in [0.05, 0.1) is 29.7 Å². The third-order valence-electron chi connectivity index (χ3n) is 3.48. The number of nitrogens with zero attached hydrogens (tertiary/aromatic N) is 2. The number of phenolic OH excluding ortho intramolecular Hbond substituents is 1. The van der Waals surface area contributed by atoms with Crippen LogP contribution in [-0.2, 0) is 14.8 Å². The minimum absolute atomic E-state index is 0.0537. The second-order valence-electron chi connectivity index (χ2n) is 5.59. The molecule has 0 fully saturated rings. The molecular formula is C17H17Br2N3O5S. The lowest BCUT2D eigenvalue weighted by Gasteiger charge is -2.21. The molecule has 0 atom stereocenters. The summed E-state index contributed by atoms with van der Waals surface area (Å²) in [5, 5.41) is 13.6. The molecule has 0 saturated heterocycles. The molecule has 11 heteroatoms. The second-order valence-corrected chi connectivity index (χ2v) is 9.27. The Kier molecular flexibility index (Phi) is 7.44. The lowest BCUT2D eigenvalue weighted by molar-refractivity contribution is -0.119. The molecule has 2 aromatic rings. The number of sulfonamides is 1. The van der Waals surface area contributed by atoms with E-state index in [9.17, 15) is 18.3 Å². The monoisotopic (exact) mass is 533 g/mol. The smallest absolute Gasteiger partial charge is 0.260 e. The minimum Gasteiger partial charge on any atom is -0.503 e. The van der Waals surface area contributed by atoms with Gasteiger partial charge in [-0.15, -0.1) is 0 Å². The SMILES string of the molecule is COc1cc(/C=N\NC(=O)CN(c2ccc(Br)cc2)S(C)(=O)=O)cc(Br)c1O. The molecule has 0 aliphatic heterocycles. The Bertz CT molecular complexity index is 995. The van der Waals surface area contributed by atoms with Crippen molar-refractivity contribution >= 4 is 59.7 Å². The van der Waals surface area contributed by atoms with Crippen molar-refractivity contribution in [3.05, 3.63) is 50.9 Å². The molecule has 0 heterocycles. The van der Waals surface area contributed by atoms with Crippen LogP contribution in [0.3, 0.4) is 0 Å². The molecule has 0 radical (unpaired) electrons. The van der Waals surface area contributed by atoms with Gasteiger partial charge in [0, 0.05) is 4.47 Å². The summed E-state index contributed by atoms with van der Waals surface area (Å²) in [5.41, 5.74) is 3.19. The van der Waals surface area contributed by atoms with Gasteiger partial charge in [0.1, 0.15) is 6.54 Å². The van der Waals surface area contributed by atoms with E-state index in [4.69, 9.17) is 4.74 Å². The zero-order valence-corrected chi connectivity index (χ0v) is 18.9. The molecule has 0 aliphatic rings. The van der Waals surface area contributed by atoms with Crippen LogP contribution >= 0.6 is 31.9 Å². The van der Waals surface area contributed by atoms with E-state index in [0.29, 0.717) is 15.7 Å². The van der Waals surface area contributed by atoms with Crippen LogP contribution in [0.1, 0.15) is 5.56 Å². The lowest BCUT2D eigenvalue weighted by atomic mass is 10.2. The Morgan fingerprint density at radius 3 is 2.50 bits per heavy atom. The number of methoxy groups -OCH3 is 1. The van der Waals surface area contributed by atoms with Gasteiger partial charge in [-0.3, -0.25) is 9.10 Å². The Hall–Kier alpha value is -2.11. The molecule has 0 aromatic heterocycles. The van der Waals surface area contributed by atoms with Crippen molar-refractivity contribution in [2.24, 2.45) is 5.10 Å². The number of ether oxygens (including phenoxy) is 1. The van der Waals surface area contributed by atoms with E-state index in [2.05, 4.69) is 42.4 Å². The summed E-state index contributed by atoms with van der Waals surface area (Å²) in [6, 6.07) is 9.64. The molecule has 0 spiro atoms. The molecular weight excluding hydrogens is 518 g/mol. The summed E-state index contributed by atoms with van der Waals surface area (Å²) in [7, 11) is -2.26. The van der Waals surface area contributed by atoms with Gasteiger partial charge in [0.25, 0.3) is 5.91 Å². The average molecular weight is 535 g/mol. The standard InChI is InChI=1S/C17H17Br2N3O5S/c1-27-15-8-11(7-14(19)17(15)24)9-20-21-16(23)10-22(28(2,25)26)13-5-3-12(18)4-6-13/h3-9,24H,10H2,1-2H3,(H,21,23)/b20-9-. The Balaban J connectivity index is 2.10. The van der Waals surface area contributed by atoms with Gasteiger partial charge in [0.15, 0.2) is 11.5 Å². The van der Waals surface area contributed by atoms with Crippen molar-refractivity contribution in [2.75, 3.05) is 24.2 Å². The predicted octanol–water partition coefficient (Wildman–Crippen LogP) is 2.84. The first-order valence-electron chi connectivity index (χ1n) is 7.73. The van der Waals surface area contributed by atoms with Gasteiger partial charge in [0.2, 0.25) is 10.0 Å². The number of anilines is 1. The first kappa shape index (κ1) is 22.2. The van der Waals surface area contributed by atoms with Crippen molar-refractivity contribution in [3.8, 4) is 11.5 Å². The van der Waals surface area contributed by atoms with E-state index >= 15 is 0 Å². The minimum atomic E-state index is -3.67. The van der Waals surface area contributed by atoms with E-state index in [1.807, 2.05) is 0 Å². The van der Waals surface area contributed by atoms with Crippen molar-refractivity contribution < 1.29 is 23.1 Å². The van der Waals surface area contributed by atoms with E-state index < -0.39 is 22.5 Å². The molecule has 0 unspecified atom stereocenters. The number of phenols is 1. The normalized spacial score (nSPS) is 11.4. The van der Waals surface area contributed by atoms with Gasteiger partial charge in [-0.2, -0.15) is 5.10 Å². The number of hydrogen-bond donors (Lipinski definition) is 2. The van der Waals surface area contributed by atoms with Crippen molar-refractivity contribution in [1.29, 1.82) is 0 Å². The maximum Gasteiger partial charge on any atom is 0.260 e. The Morgan fingerprint density at radius 1 is 1.29 bits per heavy atom. The third kappa shape index (κ3) is 5.94. The van der Waals surface area contributed by atoms with Gasteiger partial charge in [-0.1, -0.05) is 15.9 Å². The molecule has 0 saturated carbocycles. The average Bonchev–Trinajstić information content (AvgIpc) is 2.62. The van der Waals surface area contributed by atoms with Gasteiger partial charge in [-0.25, -0.2) is 13.8 Å². The first-order chi connectivity index (χ1) is 13.1. The van der Waals surface area contributed by atoms with Crippen LogP contribution in [-0.4, -0.2) is 45.6 Å². The number of hydrazone groups is 1. The zero-order valence-electron chi connectivity index (χ0n) is 14.9. The zero-order chi connectivity index (χ0) is 20.9. The van der Waals surface area contributed by atoms with Gasteiger partial charge >= 0.3 is 0 Å². The number of carbonyl (C=O) groups is 1. The fraction of sp³-hybridized carbons (Fsp3) is 0.176. The molecule has 2 N–H and O–H groups in total. The highest BCUT2D eigenvalue weighted by Gasteiger charge is 2.20. The lowest BCUT2D eigenvalue weighted by Crippen LogP contribution is -2.39. The number of halogens is 2. The van der Waals surface area contributed by atoms with E-state index in [1.54, 1.807) is 30.3 Å². The van der Waals surface area contributed by atoms with Crippen molar-refractivity contribution in [2.45, 2.75) is 0 Å². The summed E-state index contributed by atoms with van der Waals surface area (Å²) in [6.45, 7) is -0.430. The molecule has 2 aromatic carbocycles. The number of carbonyl (C=O) groups excluding carboxylic acids is 1. The van der Waals surface area contributed by atoms with Crippen LogP contribution in [0.2, 0.25) is 0 Å². The topological polar surface area (TPSA) is 108 Å². The highest BCUT2D eigenvalue weighted by Crippen LogP contribution is 2.34. The first-order valence-corrected chi connectivity index (χ1v) is 11.2. The molecule has 1 amide bonds. The molecule has 2 rings (SSSR count). The number of nitrogens with one attached hydrogen (secondary N) is 1. The summed E-state index contributed by atoms with van der Waals surface area (Å²) in [4.78, 5) is 12.2. The quantitative estimate of drug-likeness (QED) is 0.419. The van der Waals surface area contributed by atoms with Crippen LogP contribution in [0.4, 0.5) is 5.69 Å². The van der Waals surface area contributed by atoms with E-state index in [0.717, 1.165) is 15.0 Å². The second kappa shape index (κ2) is 9.39. The number of amides is 1. The summed E-state index contributed by atoms with van der Waals surface area (Å²) >= 11 is 6.47. The summed E-state index contributed by atoms with van der Waals surface area (Å²) in [6.07, 6.45) is 2.36. The molecule has 28 heavy (non-hydrogen) atoms. The molecule has 8 nitrogen and oxygen atoms in total.